The van der Waals surface area contributed by atoms with Crippen LogP contribution >= 0.6 is 15.9 Å². The van der Waals surface area contributed by atoms with Gasteiger partial charge in [-0.25, -0.2) is 4.98 Å². The van der Waals surface area contributed by atoms with Crippen LogP contribution in [0.15, 0.2) is 59.2 Å². The molecule has 0 atom stereocenters. The van der Waals surface area contributed by atoms with Crippen LogP contribution in [0.3, 0.4) is 0 Å². The van der Waals surface area contributed by atoms with Gasteiger partial charge in [-0.1, -0.05) is 36.4 Å². The largest absolute Gasteiger partial charge is 0.397 e. The lowest BCUT2D eigenvalue weighted by atomic mass is 10.1. The average molecular weight is 314 g/mol. The van der Waals surface area contributed by atoms with E-state index in [1.165, 1.54) is 5.39 Å². The number of nitrogens with zero attached hydrogens (tertiary/aromatic N) is 1. The standard InChI is InChI=1S/C15H12BrN3/c16-13-8-11(17)9-18-15(13)19-14-7-3-5-10-4-1-2-6-12(10)14/h1-9H,17H2,(H,18,19). The lowest BCUT2D eigenvalue weighted by molar-refractivity contribution is 1.30. The van der Waals surface area contributed by atoms with E-state index in [9.17, 15) is 0 Å². The first kappa shape index (κ1) is 12.0. The van der Waals surface area contributed by atoms with Gasteiger partial charge in [0, 0.05) is 11.1 Å². The number of aromatic nitrogens is 1. The molecule has 19 heavy (non-hydrogen) atoms. The summed E-state index contributed by atoms with van der Waals surface area (Å²) >= 11 is 3.46. The van der Waals surface area contributed by atoms with Crippen molar-refractivity contribution in [2.24, 2.45) is 0 Å². The number of rotatable bonds is 2. The molecule has 0 spiro atoms. The van der Waals surface area contributed by atoms with Crippen molar-refractivity contribution in [1.29, 1.82) is 0 Å². The fourth-order valence-corrected chi connectivity index (χ4v) is 2.47. The number of hydrogen-bond acceptors (Lipinski definition) is 3. The molecule has 0 fully saturated rings. The summed E-state index contributed by atoms with van der Waals surface area (Å²) in [6, 6.07) is 16.2. The first-order valence-electron chi connectivity index (χ1n) is 5.90. The summed E-state index contributed by atoms with van der Waals surface area (Å²) in [7, 11) is 0. The number of benzene rings is 2. The van der Waals surface area contributed by atoms with Gasteiger partial charge in [-0.05, 0) is 33.4 Å². The van der Waals surface area contributed by atoms with Crippen molar-refractivity contribution in [1.82, 2.24) is 4.98 Å². The molecule has 3 N–H and O–H groups in total. The summed E-state index contributed by atoms with van der Waals surface area (Å²) in [5.74, 6) is 0.755. The number of pyridine rings is 1. The Morgan fingerprint density at radius 1 is 1.05 bits per heavy atom. The molecule has 0 aliphatic heterocycles. The lowest BCUT2D eigenvalue weighted by Crippen LogP contribution is -1.97. The Hall–Kier alpha value is -2.07. The normalized spacial score (nSPS) is 10.6. The maximum Gasteiger partial charge on any atom is 0.144 e. The van der Waals surface area contributed by atoms with Gasteiger partial charge in [0.05, 0.1) is 16.4 Å². The van der Waals surface area contributed by atoms with Crippen LogP contribution in [-0.4, -0.2) is 4.98 Å². The van der Waals surface area contributed by atoms with Crippen molar-refractivity contribution in [3.05, 3.63) is 59.2 Å². The van der Waals surface area contributed by atoms with Crippen molar-refractivity contribution in [3.8, 4) is 0 Å². The third-order valence-corrected chi connectivity index (χ3v) is 3.51. The maximum absolute atomic E-state index is 5.69. The topological polar surface area (TPSA) is 50.9 Å². The lowest BCUT2D eigenvalue weighted by Gasteiger charge is -2.10. The zero-order chi connectivity index (χ0) is 13.2. The minimum atomic E-state index is 0.635. The van der Waals surface area contributed by atoms with Crippen molar-refractivity contribution in [2.45, 2.75) is 0 Å². The number of nitrogen functional groups attached to an aromatic ring is 1. The molecule has 2 aromatic carbocycles. The van der Waals surface area contributed by atoms with Gasteiger partial charge in [0.15, 0.2) is 0 Å². The molecule has 1 heterocycles. The maximum atomic E-state index is 5.69. The fraction of sp³-hybridized carbons (Fsp3) is 0. The molecule has 3 aromatic rings. The second-order valence-electron chi connectivity index (χ2n) is 4.25. The van der Waals surface area contributed by atoms with E-state index >= 15 is 0 Å². The molecule has 1 aromatic heterocycles. The van der Waals surface area contributed by atoms with E-state index in [0.29, 0.717) is 5.69 Å². The summed E-state index contributed by atoms with van der Waals surface area (Å²) in [6.07, 6.45) is 1.64. The third-order valence-electron chi connectivity index (χ3n) is 2.91. The van der Waals surface area contributed by atoms with E-state index in [0.717, 1.165) is 21.4 Å². The zero-order valence-electron chi connectivity index (χ0n) is 10.1. The summed E-state index contributed by atoms with van der Waals surface area (Å²) in [4.78, 5) is 4.30. The van der Waals surface area contributed by atoms with Gasteiger partial charge in [-0.15, -0.1) is 0 Å². The molecule has 0 radical (unpaired) electrons. The summed E-state index contributed by atoms with van der Waals surface area (Å²) in [5, 5.41) is 5.68. The first-order chi connectivity index (χ1) is 9.24. The highest BCUT2D eigenvalue weighted by molar-refractivity contribution is 9.10. The van der Waals surface area contributed by atoms with Crippen molar-refractivity contribution in [2.75, 3.05) is 11.1 Å². The molecule has 0 bridgehead atoms. The molecule has 0 aliphatic carbocycles. The van der Waals surface area contributed by atoms with Gasteiger partial charge in [0.25, 0.3) is 0 Å². The summed E-state index contributed by atoms with van der Waals surface area (Å²) < 4.78 is 0.848. The minimum Gasteiger partial charge on any atom is -0.397 e. The average Bonchev–Trinajstić information content (AvgIpc) is 2.42. The van der Waals surface area contributed by atoms with Crippen LogP contribution in [-0.2, 0) is 0 Å². The van der Waals surface area contributed by atoms with Crippen LogP contribution in [0.4, 0.5) is 17.2 Å². The van der Waals surface area contributed by atoms with Gasteiger partial charge in [0.2, 0.25) is 0 Å². The molecule has 0 amide bonds. The zero-order valence-corrected chi connectivity index (χ0v) is 11.7. The molecular formula is C15H12BrN3. The van der Waals surface area contributed by atoms with Crippen LogP contribution in [0.2, 0.25) is 0 Å². The molecule has 0 unspecified atom stereocenters. The van der Waals surface area contributed by atoms with E-state index in [1.54, 1.807) is 6.20 Å². The van der Waals surface area contributed by atoms with Crippen molar-refractivity contribution in [3.63, 3.8) is 0 Å². The van der Waals surface area contributed by atoms with Crippen LogP contribution in [0.25, 0.3) is 10.8 Å². The Kier molecular flexibility index (Phi) is 3.09. The number of fused-ring (bicyclic) bond motifs is 1. The molecule has 4 heteroatoms. The molecule has 3 rings (SSSR count). The summed E-state index contributed by atoms with van der Waals surface area (Å²) in [5.41, 5.74) is 7.35. The van der Waals surface area contributed by atoms with Gasteiger partial charge in [-0.3, -0.25) is 0 Å². The highest BCUT2D eigenvalue weighted by atomic mass is 79.9. The molecule has 0 saturated heterocycles. The molecule has 0 aliphatic rings. The third kappa shape index (κ3) is 2.39. The van der Waals surface area contributed by atoms with Gasteiger partial charge < -0.3 is 11.1 Å². The van der Waals surface area contributed by atoms with Gasteiger partial charge >= 0.3 is 0 Å². The number of halogens is 1. The molecule has 0 saturated carbocycles. The van der Waals surface area contributed by atoms with Crippen LogP contribution in [0, 0.1) is 0 Å². The quantitative estimate of drug-likeness (QED) is 0.740. The highest BCUT2D eigenvalue weighted by Gasteiger charge is 2.05. The molecule has 3 nitrogen and oxygen atoms in total. The first-order valence-corrected chi connectivity index (χ1v) is 6.69. The monoisotopic (exact) mass is 313 g/mol. The van der Waals surface area contributed by atoms with E-state index in [4.69, 9.17) is 5.73 Å². The molecule has 94 valence electrons. The Morgan fingerprint density at radius 2 is 1.84 bits per heavy atom. The number of hydrogen-bond donors (Lipinski definition) is 2. The van der Waals surface area contributed by atoms with Gasteiger partial charge in [0.1, 0.15) is 5.82 Å². The number of anilines is 3. The SMILES string of the molecule is Nc1cnc(Nc2cccc3ccccc23)c(Br)c1. The predicted octanol–water partition coefficient (Wildman–Crippen LogP) is 4.32. The van der Waals surface area contributed by atoms with E-state index < -0.39 is 0 Å². The number of nitrogens with two attached hydrogens (primary N) is 1. The highest BCUT2D eigenvalue weighted by Crippen LogP contribution is 2.29. The molecular weight excluding hydrogens is 302 g/mol. The van der Waals surface area contributed by atoms with Gasteiger partial charge in [-0.2, -0.15) is 0 Å². The fourth-order valence-electron chi connectivity index (χ4n) is 2.01. The smallest absolute Gasteiger partial charge is 0.144 e. The van der Waals surface area contributed by atoms with E-state index in [2.05, 4.69) is 44.4 Å². The van der Waals surface area contributed by atoms with Crippen LogP contribution in [0.5, 0.6) is 0 Å². The second-order valence-corrected chi connectivity index (χ2v) is 5.11. The Bertz CT molecular complexity index is 735. The Labute approximate surface area is 119 Å². The van der Waals surface area contributed by atoms with E-state index in [1.807, 2.05) is 30.3 Å². The Balaban J connectivity index is 2.06. The van der Waals surface area contributed by atoms with Crippen LogP contribution in [0.1, 0.15) is 0 Å². The summed E-state index contributed by atoms with van der Waals surface area (Å²) in [6.45, 7) is 0. The minimum absolute atomic E-state index is 0.635. The number of nitrogens with one attached hydrogen (secondary N) is 1. The van der Waals surface area contributed by atoms with Crippen molar-refractivity contribution < 1.29 is 0 Å². The predicted molar refractivity (Wildman–Crippen MR) is 83.6 cm³/mol. The second kappa shape index (κ2) is 4.90. The van der Waals surface area contributed by atoms with E-state index in [-0.39, 0.29) is 0 Å². The van der Waals surface area contributed by atoms with Crippen LogP contribution < -0.4 is 11.1 Å². The van der Waals surface area contributed by atoms with Crippen molar-refractivity contribution >= 4 is 43.9 Å². The Morgan fingerprint density at radius 3 is 2.68 bits per heavy atom.